The lowest BCUT2D eigenvalue weighted by Gasteiger charge is -2.37. The van der Waals surface area contributed by atoms with Crippen LogP contribution in [0.2, 0.25) is 0 Å². The SMILES string of the molecule is CC.CC#N.CN1CCC2(CC1)CCN(C#N)C2. The average Bonchev–Trinajstić information content (AvgIpc) is 2.80. The topological polar surface area (TPSA) is 54.1 Å². The Morgan fingerprint density at radius 2 is 1.44 bits per heavy atom. The molecule has 0 saturated carbocycles. The van der Waals surface area contributed by atoms with E-state index in [4.69, 9.17) is 10.5 Å². The third kappa shape index (κ3) is 4.94. The minimum Gasteiger partial charge on any atom is -0.310 e. The second kappa shape index (κ2) is 8.78. The fourth-order valence-corrected chi connectivity index (χ4v) is 2.52. The number of hydrogen-bond donors (Lipinski definition) is 0. The van der Waals surface area contributed by atoms with E-state index in [1.54, 1.807) is 6.07 Å². The van der Waals surface area contributed by atoms with Crippen LogP contribution in [0.25, 0.3) is 0 Å². The van der Waals surface area contributed by atoms with Crippen LogP contribution in [-0.2, 0) is 0 Å². The van der Waals surface area contributed by atoms with Gasteiger partial charge in [-0.25, -0.2) is 0 Å². The molecule has 0 unspecified atom stereocenters. The van der Waals surface area contributed by atoms with Crippen LogP contribution in [0.4, 0.5) is 0 Å². The summed E-state index contributed by atoms with van der Waals surface area (Å²) in [5.74, 6) is 0. The van der Waals surface area contributed by atoms with Gasteiger partial charge in [-0.2, -0.15) is 10.5 Å². The van der Waals surface area contributed by atoms with E-state index < -0.39 is 0 Å². The van der Waals surface area contributed by atoms with Crippen molar-refractivity contribution in [2.24, 2.45) is 5.41 Å². The molecular formula is C14H26N4. The van der Waals surface area contributed by atoms with Gasteiger partial charge in [0.1, 0.15) is 0 Å². The highest BCUT2D eigenvalue weighted by Crippen LogP contribution is 2.39. The summed E-state index contributed by atoms with van der Waals surface area (Å²) in [4.78, 5) is 4.31. The Morgan fingerprint density at radius 1 is 1.00 bits per heavy atom. The molecule has 2 heterocycles. The van der Waals surface area contributed by atoms with Gasteiger partial charge < -0.3 is 9.80 Å². The number of piperidine rings is 1. The maximum Gasteiger partial charge on any atom is 0.179 e. The zero-order valence-electron chi connectivity index (χ0n) is 12.2. The molecule has 0 aromatic rings. The van der Waals surface area contributed by atoms with Gasteiger partial charge in [0.25, 0.3) is 0 Å². The van der Waals surface area contributed by atoms with Gasteiger partial charge in [0.2, 0.25) is 0 Å². The van der Waals surface area contributed by atoms with Crippen LogP contribution in [0, 0.1) is 28.2 Å². The van der Waals surface area contributed by atoms with Crippen molar-refractivity contribution < 1.29 is 0 Å². The summed E-state index contributed by atoms with van der Waals surface area (Å²) >= 11 is 0. The maximum atomic E-state index is 8.80. The average molecular weight is 250 g/mol. The van der Waals surface area contributed by atoms with Crippen molar-refractivity contribution in [1.29, 1.82) is 10.5 Å². The second-order valence-electron chi connectivity index (χ2n) is 4.80. The Balaban J connectivity index is 0.000000509. The summed E-state index contributed by atoms with van der Waals surface area (Å²) < 4.78 is 0. The first-order valence-corrected chi connectivity index (χ1v) is 6.80. The third-order valence-corrected chi connectivity index (χ3v) is 3.63. The van der Waals surface area contributed by atoms with Crippen LogP contribution in [-0.4, -0.2) is 43.0 Å². The van der Waals surface area contributed by atoms with E-state index in [1.165, 1.54) is 39.3 Å². The van der Waals surface area contributed by atoms with Crippen molar-refractivity contribution in [3.05, 3.63) is 0 Å². The molecule has 0 aromatic carbocycles. The third-order valence-electron chi connectivity index (χ3n) is 3.63. The standard InChI is InChI=1S/C10H17N3.C2H3N.C2H6/c1-12-5-2-10(3-6-12)4-7-13(8-10)9-11;1-2-3;1-2/h2-8H2,1H3;1H3;1-2H3. The molecule has 0 atom stereocenters. The van der Waals surface area contributed by atoms with Crippen molar-refractivity contribution in [3.63, 3.8) is 0 Å². The van der Waals surface area contributed by atoms with Crippen LogP contribution in [0.1, 0.15) is 40.0 Å². The normalized spacial score (nSPS) is 20.9. The van der Waals surface area contributed by atoms with Gasteiger partial charge in [-0.1, -0.05) is 13.8 Å². The van der Waals surface area contributed by atoms with Crippen molar-refractivity contribution in [2.45, 2.75) is 40.0 Å². The number of nitriles is 2. The molecule has 1 spiro atoms. The molecule has 2 aliphatic rings. The molecule has 4 heteroatoms. The van der Waals surface area contributed by atoms with E-state index in [0.717, 1.165) is 13.1 Å². The second-order valence-corrected chi connectivity index (χ2v) is 4.80. The van der Waals surface area contributed by atoms with E-state index in [0.29, 0.717) is 5.41 Å². The van der Waals surface area contributed by atoms with E-state index >= 15 is 0 Å². The molecule has 2 aliphatic heterocycles. The zero-order valence-corrected chi connectivity index (χ0v) is 12.2. The molecule has 0 bridgehead atoms. The van der Waals surface area contributed by atoms with Crippen molar-refractivity contribution in [2.75, 3.05) is 33.2 Å². The van der Waals surface area contributed by atoms with Crippen molar-refractivity contribution in [1.82, 2.24) is 9.80 Å². The lowest BCUT2D eigenvalue weighted by atomic mass is 9.78. The van der Waals surface area contributed by atoms with Gasteiger partial charge in [0, 0.05) is 20.0 Å². The largest absolute Gasteiger partial charge is 0.310 e. The van der Waals surface area contributed by atoms with Gasteiger partial charge >= 0.3 is 0 Å². The van der Waals surface area contributed by atoms with Crippen LogP contribution in [0.5, 0.6) is 0 Å². The van der Waals surface area contributed by atoms with Gasteiger partial charge in [-0.15, -0.1) is 0 Å². The summed E-state index contributed by atoms with van der Waals surface area (Å²) in [6.45, 7) is 9.84. The molecule has 0 aromatic heterocycles. The summed E-state index contributed by atoms with van der Waals surface area (Å²) in [7, 11) is 2.18. The maximum absolute atomic E-state index is 8.80. The van der Waals surface area contributed by atoms with Crippen LogP contribution in [0.15, 0.2) is 0 Å². The first kappa shape index (κ1) is 16.7. The highest BCUT2D eigenvalue weighted by molar-refractivity contribution is 4.96. The molecule has 2 fully saturated rings. The van der Waals surface area contributed by atoms with E-state index in [2.05, 4.69) is 18.1 Å². The summed E-state index contributed by atoms with van der Waals surface area (Å²) in [6.07, 6.45) is 6.06. The summed E-state index contributed by atoms with van der Waals surface area (Å²) in [6, 6.07) is 1.75. The zero-order chi connectivity index (χ0) is 14.0. The molecule has 2 saturated heterocycles. The summed E-state index contributed by atoms with van der Waals surface area (Å²) in [5, 5.41) is 16.1. The number of rotatable bonds is 0. The fraction of sp³-hybridized carbons (Fsp3) is 0.857. The highest BCUT2D eigenvalue weighted by atomic mass is 15.2. The first-order chi connectivity index (χ1) is 8.65. The Kier molecular flexibility index (Phi) is 8.16. The smallest absolute Gasteiger partial charge is 0.179 e. The molecule has 2 rings (SSSR count). The molecule has 0 N–H and O–H groups in total. The van der Waals surface area contributed by atoms with Crippen molar-refractivity contribution >= 4 is 0 Å². The Labute approximate surface area is 112 Å². The Morgan fingerprint density at radius 3 is 1.83 bits per heavy atom. The molecule has 102 valence electrons. The van der Waals surface area contributed by atoms with Gasteiger partial charge in [0.15, 0.2) is 6.19 Å². The first-order valence-electron chi connectivity index (χ1n) is 6.80. The molecule has 18 heavy (non-hydrogen) atoms. The van der Waals surface area contributed by atoms with Crippen LogP contribution < -0.4 is 0 Å². The quantitative estimate of drug-likeness (QED) is 0.620. The van der Waals surface area contributed by atoms with Crippen LogP contribution >= 0.6 is 0 Å². The predicted molar refractivity (Wildman–Crippen MR) is 73.6 cm³/mol. The van der Waals surface area contributed by atoms with E-state index in [9.17, 15) is 0 Å². The molecule has 0 aliphatic carbocycles. The van der Waals surface area contributed by atoms with Crippen molar-refractivity contribution in [3.8, 4) is 12.3 Å². The Hall–Kier alpha value is -1.26. The van der Waals surface area contributed by atoms with Gasteiger partial charge in [-0.3, -0.25) is 0 Å². The summed E-state index contributed by atoms with van der Waals surface area (Å²) in [5.41, 5.74) is 0.488. The predicted octanol–water partition coefficient (Wildman–Crippen LogP) is 2.44. The lowest BCUT2D eigenvalue weighted by Crippen LogP contribution is -2.39. The molecular weight excluding hydrogens is 224 g/mol. The number of hydrogen-bond acceptors (Lipinski definition) is 4. The number of likely N-dealkylation sites (tertiary alicyclic amines) is 2. The van der Waals surface area contributed by atoms with Gasteiger partial charge in [0.05, 0.1) is 6.07 Å². The monoisotopic (exact) mass is 250 g/mol. The fourth-order valence-electron chi connectivity index (χ4n) is 2.52. The minimum atomic E-state index is 0.488. The van der Waals surface area contributed by atoms with E-state index in [-0.39, 0.29) is 0 Å². The van der Waals surface area contributed by atoms with Crippen LogP contribution in [0.3, 0.4) is 0 Å². The minimum absolute atomic E-state index is 0.488. The molecule has 0 amide bonds. The molecule has 0 radical (unpaired) electrons. The van der Waals surface area contributed by atoms with E-state index in [1.807, 2.05) is 18.7 Å². The Bertz CT molecular complexity index is 292. The lowest BCUT2D eigenvalue weighted by molar-refractivity contribution is 0.133. The highest BCUT2D eigenvalue weighted by Gasteiger charge is 2.39. The number of nitrogens with zero attached hydrogens (tertiary/aromatic N) is 4. The molecule has 4 nitrogen and oxygen atoms in total. The van der Waals surface area contributed by atoms with Gasteiger partial charge in [-0.05, 0) is 44.8 Å².